The fourth-order valence-corrected chi connectivity index (χ4v) is 9.05. The number of fused-ring (bicyclic) bond motifs is 6. The van der Waals surface area contributed by atoms with Crippen LogP contribution in [0.4, 0.5) is 34.6 Å². The van der Waals surface area contributed by atoms with Gasteiger partial charge >= 0.3 is 0 Å². The maximum Gasteiger partial charge on any atom is 0.294 e. The molecule has 18 nitrogen and oxygen atoms in total. The van der Waals surface area contributed by atoms with Crippen molar-refractivity contribution in [2.45, 2.75) is 29.1 Å². The van der Waals surface area contributed by atoms with Crippen LogP contribution in [-0.4, -0.2) is 97.4 Å². The van der Waals surface area contributed by atoms with E-state index in [1.807, 2.05) is 6.07 Å². The van der Waals surface area contributed by atoms with Crippen LogP contribution in [0.3, 0.4) is 0 Å². The summed E-state index contributed by atoms with van der Waals surface area (Å²) < 4.78 is 64.7. The third-order valence-electron chi connectivity index (χ3n) is 10.3. The first-order chi connectivity index (χ1) is 31.2. The number of benzene rings is 4. The van der Waals surface area contributed by atoms with Gasteiger partial charge in [-0.05, 0) is 97.9 Å². The Bertz CT molecular complexity index is 3000. The summed E-state index contributed by atoms with van der Waals surface area (Å²) in [5.41, 5.74) is 6.38. The molecule has 65 heavy (non-hydrogen) atoms. The van der Waals surface area contributed by atoms with Gasteiger partial charge in [0.2, 0.25) is 33.7 Å². The molecule has 1 saturated heterocycles. The minimum absolute atomic E-state index is 0.130. The molecular weight excluding hydrogens is 920 g/mol. The number of amides is 2. The van der Waals surface area contributed by atoms with Crippen molar-refractivity contribution < 1.29 is 35.7 Å². The van der Waals surface area contributed by atoms with Crippen molar-refractivity contribution in [1.82, 2.24) is 29.6 Å². The average molecular weight is 960 g/mol. The Labute approximate surface area is 384 Å². The first kappa shape index (κ1) is 45.5. The van der Waals surface area contributed by atoms with Gasteiger partial charge in [-0.15, -0.1) is 0 Å². The van der Waals surface area contributed by atoms with Crippen LogP contribution in [-0.2, 0) is 47.3 Å². The van der Waals surface area contributed by atoms with Crippen molar-refractivity contribution >= 4 is 89.8 Å². The van der Waals surface area contributed by atoms with Crippen LogP contribution in [0.1, 0.15) is 17.5 Å². The van der Waals surface area contributed by atoms with E-state index in [0.29, 0.717) is 67.8 Å². The van der Waals surface area contributed by atoms with Gasteiger partial charge < -0.3 is 26.0 Å². The number of nitrogens with zero attached hydrogens (tertiary/aromatic N) is 5. The highest BCUT2D eigenvalue weighted by atomic mass is 35.5. The monoisotopic (exact) mass is 958 g/mol. The molecule has 2 amide bonds. The molecule has 9 rings (SSSR count). The average Bonchev–Trinajstić information content (AvgIpc) is 3.50. The molecule has 6 N–H and O–H groups in total. The molecule has 22 heteroatoms. The third kappa shape index (κ3) is 11.4. The maximum atomic E-state index is 12.7. The quantitative estimate of drug-likeness (QED) is 0.0615. The Morgan fingerprint density at radius 3 is 1.63 bits per heavy atom. The van der Waals surface area contributed by atoms with E-state index < -0.39 is 20.1 Å². The highest BCUT2D eigenvalue weighted by Gasteiger charge is 2.23. The molecule has 3 aliphatic rings. The zero-order valence-electron chi connectivity index (χ0n) is 34.2. The third-order valence-corrected chi connectivity index (χ3v) is 13.1. The Morgan fingerprint density at radius 2 is 1.15 bits per heavy atom. The minimum atomic E-state index is -4.26. The molecule has 336 valence electrons. The van der Waals surface area contributed by atoms with E-state index in [0.717, 1.165) is 50.4 Å². The van der Waals surface area contributed by atoms with Crippen LogP contribution in [0.15, 0.2) is 107 Å². The SMILES string of the molecule is O=C1Cc2cnc(Nc3ccc(S(=O)(=O)NCCCN4CCOCC4)cc3)nc2-c2ccc(Cl)cc2N1.O=C1Cc2cnc(Nc3ccc(S(=O)(=O)O)cc3)nc2-c2ccc(Cl)cc2N1. The number of rotatable bonds is 11. The molecule has 4 aromatic carbocycles. The first-order valence-electron chi connectivity index (χ1n) is 20.1. The Hall–Kier alpha value is -6.10. The van der Waals surface area contributed by atoms with E-state index in [-0.39, 0.29) is 40.4 Å². The Kier molecular flexibility index (Phi) is 13.7. The lowest BCUT2D eigenvalue weighted by Crippen LogP contribution is -2.38. The second-order valence-corrected chi connectivity index (χ2v) is 19.0. The Balaban J connectivity index is 0.000000184. The summed E-state index contributed by atoms with van der Waals surface area (Å²) in [7, 11) is -7.87. The number of carbonyl (C=O) groups is 2. The van der Waals surface area contributed by atoms with Crippen LogP contribution >= 0.6 is 23.2 Å². The van der Waals surface area contributed by atoms with E-state index in [1.165, 1.54) is 36.4 Å². The fourth-order valence-electron chi connectivity index (χ4n) is 7.15. The van der Waals surface area contributed by atoms with Crippen LogP contribution < -0.4 is 26.0 Å². The topological polar surface area (TPSA) is 247 Å². The summed E-state index contributed by atoms with van der Waals surface area (Å²) in [4.78, 5) is 44.4. The molecule has 0 bridgehead atoms. The van der Waals surface area contributed by atoms with Crippen LogP contribution in [0.2, 0.25) is 10.0 Å². The van der Waals surface area contributed by atoms with Crippen molar-refractivity contribution in [1.29, 1.82) is 0 Å². The van der Waals surface area contributed by atoms with Gasteiger partial charge in [0.05, 0.1) is 58.6 Å². The van der Waals surface area contributed by atoms with Crippen molar-refractivity contribution in [2.24, 2.45) is 0 Å². The van der Waals surface area contributed by atoms with Crippen molar-refractivity contribution in [3.05, 3.63) is 118 Å². The largest absolute Gasteiger partial charge is 0.379 e. The first-order valence-corrected chi connectivity index (χ1v) is 23.8. The number of morpholine rings is 1. The number of hydrogen-bond acceptors (Lipinski definition) is 14. The van der Waals surface area contributed by atoms with Gasteiger partial charge in [-0.2, -0.15) is 8.42 Å². The van der Waals surface area contributed by atoms with Crippen molar-refractivity contribution in [3.8, 4) is 22.5 Å². The number of hydrogen-bond donors (Lipinski definition) is 6. The predicted octanol–water partition coefficient (Wildman–Crippen LogP) is 6.32. The molecule has 2 aromatic heterocycles. The molecule has 0 unspecified atom stereocenters. The van der Waals surface area contributed by atoms with Gasteiger partial charge in [0.1, 0.15) is 0 Å². The van der Waals surface area contributed by atoms with Gasteiger partial charge in [0, 0.05) is 75.7 Å². The minimum Gasteiger partial charge on any atom is -0.379 e. The number of anilines is 6. The summed E-state index contributed by atoms with van der Waals surface area (Å²) in [5, 5.41) is 12.8. The van der Waals surface area contributed by atoms with E-state index in [2.05, 4.69) is 50.8 Å². The number of ether oxygens (including phenoxy) is 1. The molecule has 0 aliphatic carbocycles. The van der Waals surface area contributed by atoms with E-state index in [1.54, 1.807) is 54.9 Å². The summed E-state index contributed by atoms with van der Waals surface area (Å²) in [6, 6.07) is 22.3. The number of nitrogens with one attached hydrogen (secondary N) is 5. The maximum absolute atomic E-state index is 12.7. The summed E-state index contributed by atoms with van der Waals surface area (Å²) in [5.74, 6) is 0.241. The number of aromatic nitrogens is 4. The second kappa shape index (κ2) is 19.6. The second-order valence-electron chi connectivity index (χ2n) is 14.9. The van der Waals surface area contributed by atoms with E-state index in [9.17, 15) is 26.4 Å². The number of carbonyl (C=O) groups excluding carboxylic acids is 2. The van der Waals surface area contributed by atoms with Crippen LogP contribution in [0.25, 0.3) is 22.5 Å². The highest BCUT2D eigenvalue weighted by Crippen LogP contribution is 2.36. The zero-order chi connectivity index (χ0) is 45.7. The van der Waals surface area contributed by atoms with Crippen LogP contribution in [0.5, 0.6) is 0 Å². The highest BCUT2D eigenvalue weighted by molar-refractivity contribution is 7.89. The molecule has 6 aromatic rings. The zero-order valence-corrected chi connectivity index (χ0v) is 37.4. The van der Waals surface area contributed by atoms with Crippen molar-refractivity contribution in [2.75, 3.05) is 60.7 Å². The molecule has 0 spiro atoms. The molecule has 3 aliphatic heterocycles. The molecule has 0 saturated carbocycles. The normalized spacial score (nSPS) is 14.7. The number of sulfonamides is 1. The fraction of sp³-hybridized carbons (Fsp3) is 0.209. The molecule has 5 heterocycles. The molecule has 0 radical (unpaired) electrons. The van der Waals surface area contributed by atoms with Crippen LogP contribution in [0, 0.1) is 0 Å². The summed E-state index contributed by atoms with van der Waals surface area (Å²) in [6.07, 6.45) is 4.19. The van der Waals surface area contributed by atoms with Gasteiger partial charge in [-0.3, -0.25) is 19.0 Å². The summed E-state index contributed by atoms with van der Waals surface area (Å²) >= 11 is 12.1. The molecule has 0 atom stereocenters. The van der Waals surface area contributed by atoms with Gasteiger partial charge in [0.15, 0.2) is 0 Å². The van der Waals surface area contributed by atoms with Gasteiger partial charge in [-0.25, -0.2) is 33.1 Å². The smallest absolute Gasteiger partial charge is 0.294 e. The lowest BCUT2D eigenvalue weighted by atomic mass is 10.1. The van der Waals surface area contributed by atoms with E-state index >= 15 is 0 Å². The lowest BCUT2D eigenvalue weighted by Gasteiger charge is -2.26. The van der Waals surface area contributed by atoms with E-state index in [4.69, 9.17) is 32.5 Å². The van der Waals surface area contributed by atoms with Gasteiger partial charge in [-0.1, -0.05) is 23.2 Å². The standard InChI is InChI=1S/C25H27ClN6O4S.C18H13ClN4O4S/c26-18-2-7-21-22(15-18)30-23(33)14-17-16-27-25(31-24(17)21)29-19-3-5-20(6-4-19)37(34,35)28-8-1-9-32-10-12-36-13-11-32;19-11-1-6-14-15(8-11)22-16(24)7-10-9-20-18(23-17(10)14)21-12-2-4-13(5-3-12)28(25,26)27/h2-7,15-16,28H,1,8-14H2,(H,30,33)(H,27,29,31);1-6,8-9H,7H2,(H,22,24)(H,20,21,23)(H,25,26,27). The molecular formula is C43H40Cl2N10O8S2. The predicted molar refractivity (Wildman–Crippen MR) is 246 cm³/mol. The van der Waals surface area contributed by atoms with Gasteiger partial charge in [0.25, 0.3) is 10.1 Å². The number of halogens is 2. The van der Waals surface area contributed by atoms with Crippen molar-refractivity contribution in [3.63, 3.8) is 0 Å². The molecule has 1 fully saturated rings. The lowest BCUT2D eigenvalue weighted by molar-refractivity contribution is -0.116. The summed E-state index contributed by atoms with van der Waals surface area (Å²) in [6.45, 7) is 4.41. The Morgan fingerprint density at radius 1 is 0.677 bits per heavy atom.